The fourth-order valence-electron chi connectivity index (χ4n) is 3.41. The average molecular weight is 312 g/mol. The fraction of sp³-hybridized carbons (Fsp3) is 0.909. The summed E-state index contributed by atoms with van der Waals surface area (Å²) in [4.78, 5) is 11.9. The Labute approximate surface area is 114 Å². The second kappa shape index (κ2) is 4.11. The highest BCUT2D eigenvalue weighted by molar-refractivity contribution is 7.86. The first kappa shape index (κ1) is 14.2. The van der Waals surface area contributed by atoms with Gasteiger partial charge in [-0.2, -0.15) is 17.2 Å². The smallest absolute Gasteiger partial charge is 0.405 e. The molecule has 6 atom stereocenters. The van der Waals surface area contributed by atoms with E-state index in [1.165, 1.54) is 0 Å². The highest BCUT2D eigenvalue weighted by Gasteiger charge is 2.65. The maximum Gasteiger partial charge on any atom is 0.405 e. The lowest BCUT2D eigenvalue weighted by atomic mass is 9.89. The quantitative estimate of drug-likeness (QED) is 0.469. The van der Waals surface area contributed by atoms with Crippen LogP contribution >= 0.6 is 0 Å². The Hall–Kier alpha value is -0.800. The minimum absolute atomic E-state index is 0.0173. The zero-order valence-electron chi connectivity index (χ0n) is 10.5. The third kappa shape index (κ3) is 1.94. The van der Waals surface area contributed by atoms with Gasteiger partial charge in [-0.05, 0) is 25.7 Å². The van der Waals surface area contributed by atoms with Gasteiger partial charge in [-0.1, -0.05) is 0 Å². The summed E-state index contributed by atoms with van der Waals surface area (Å²) in [7, 11) is -5.62. The van der Waals surface area contributed by atoms with Crippen molar-refractivity contribution in [1.29, 1.82) is 0 Å². The number of fused-ring (bicyclic) bond motifs is 5. The molecule has 9 heteroatoms. The molecule has 1 heterocycles. The standard InChI is InChI=1S/C11H14F2O6S/c1-4(11(12,13)20(15,16)17)18-10(14)7-3-5-2-6(7)9-8(5)19-9/h4-9H,2-3H2,1H3,(H,15,16,17). The number of ether oxygens (including phenoxy) is 2. The number of esters is 1. The van der Waals surface area contributed by atoms with Crippen molar-refractivity contribution in [3.63, 3.8) is 0 Å². The van der Waals surface area contributed by atoms with Crippen LogP contribution in [0, 0.1) is 17.8 Å². The lowest BCUT2D eigenvalue weighted by Gasteiger charge is -2.24. The van der Waals surface area contributed by atoms with Gasteiger partial charge in [-0.15, -0.1) is 0 Å². The molecular weight excluding hydrogens is 298 g/mol. The van der Waals surface area contributed by atoms with E-state index in [2.05, 4.69) is 4.74 Å². The van der Waals surface area contributed by atoms with Gasteiger partial charge in [0, 0.05) is 5.92 Å². The summed E-state index contributed by atoms with van der Waals surface area (Å²) in [6.07, 6.45) is -0.683. The first-order chi connectivity index (χ1) is 9.13. The zero-order chi connectivity index (χ0) is 14.9. The molecule has 6 nitrogen and oxygen atoms in total. The summed E-state index contributed by atoms with van der Waals surface area (Å²) in [6.45, 7) is 0.745. The lowest BCUT2D eigenvalue weighted by molar-refractivity contribution is -0.166. The summed E-state index contributed by atoms with van der Waals surface area (Å²) < 4.78 is 66.1. The third-order valence-electron chi connectivity index (χ3n) is 4.51. The van der Waals surface area contributed by atoms with Gasteiger partial charge in [0.05, 0.1) is 18.1 Å². The van der Waals surface area contributed by atoms with Crippen molar-refractivity contribution in [2.24, 2.45) is 17.8 Å². The second-order valence-electron chi connectivity index (χ2n) is 5.68. The van der Waals surface area contributed by atoms with E-state index in [1.807, 2.05) is 0 Å². The van der Waals surface area contributed by atoms with E-state index in [4.69, 9.17) is 9.29 Å². The van der Waals surface area contributed by atoms with Crippen LogP contribution < -0.4 is 0 Å². The van der Waals surface area contributed by atoms with Crippen molar-refractivity contribution in [3.05, 3.63) is 0 Å². The van der Waals surface area contributed by atoms with Crippen LogP contribution in [0.5, 0.6) is 0 Å². The number of carbonyl (C=O) groups is 1. The van der Waals surface area contributed by atoms with Crippen molar-refractivity contribution >= 4 is 16.1 Å². The van der Waals surface area contributed by atoms with Crippen LogP contribution in [-0.2, 0) is 24.4 Å². The lowest BCUT2D eigenvalue weighted by Crippen LogP contribution is -2.43. The highest BCUT2D eigenvalue weighted by atomic mass is 32.2. The molecule has 0 aromatic heterocycles. The molecule has 2 bridgehead atoms. The molecular formula is C11H14F2O6S. The maximum absolute atomic E-state index is 13.3. The number of hydrogen-bond acceptors (Lipinski definition) is 5. The van der Waals surface area contributed by atoms with E-state index in [-0.39, 0.29) is 24.0 Å². The van der Waals surface area contributed by atoms with Gasteiger partial charge in [-0.25, -0.2) is 0 Å². The van der Waals surface area contributed by atoms with E-state index in [0.717, 1.165) is 13.3 Å². The fourth-order valence-corrected chi connectivity index (χ4v) is 3.88. The molecule has 1 N–H and O–H groups in total. The van der Waals surface area contributed by atoms with Gasteiger partial charge in [0.15, 0.2) is 6.10 Å². The highest BCUT2D eigenvalue weighted by Crippen LogP contribution is 2.59. The second-order valence-corrected chi connectivity index (χ2v) is 7.18. The molecule has 6 unspecified atom stereocenters. The van der Waals surface area contributed by atoms with Crippen LogP contribution in [0.4, 0.5) is 8.78 Å². The maximum atomic E-state index is 13.3. The van der Waals surface area contributed by atoms with Crippen LogP contribution in [0.25, 0.3) is 0 Å². The number of epoxide rings is 1. The van der Waals surface area contributed by atoms with Gasteiger partial charge in [0.25, 0.3) is 0 Å². The number of hydrogen-bond donors (Lipinski definition) is 1. The number of carbonyl (C=O) groups excluding carboxylic acids is 1. The number of alkyl halides is 2. The molecule has 1 aliphatic heterocycles. The summed E-state index contributed by atoms with van der Waals surface area (Å²) in [5, 5.41) is -4.51. The van der Waals surface area contributed by atoms with Crippen LogP contribution in [-0.4, -0.2) is 42.5 Å². The summed E-state index contributed by atoms with van der Waals surface area (Å²) in [5.41, 5.74) is 0. The van der Waals surface area contributed by atoms with Crippen LogP contribution in [0.15, 0.2) is 0 Å². The molecule has 20 heavy (non-hydrogen) atoms. The largest absolute Gasteiger partial charge is 0.455 e. The molecule has 0 aromatic carbocycles. The van der Waals surface area contributed by atoms with Crippen molar-refractivity contribution in [2.45, 2.75) is 43.3 Å². The van der Waals surface area contributed by atoms with Crippen molar-refractivity contribution in [3.8, 4) is 0 Å². The Morgan fingerprint density at radius 1 is 1.40 bits per heavy atom. The molecule has 0 radical (unpaired) electrons. The molecule has 2 saturated carbocycles. The van der Waals surface area contributed by atoms with E-state index in [9.17, 15) is 22.0 Å². The predicted octanol–water partition coefficient (Wildman–Crippen LogP) is 0.822. The number of halogens is 2. The topological polar surface area (TPSA) is 93.2 Å². The summed E-state index contributed by atoms with van der Waals surface area (Å²) in [6, 6.07) is 0. The minimum Gasteiger partial charge on any atom is -0.455 e. The van der Waals surface area contributed by atoms with Crippen molar-refractivity contribution in [1.82, 2.24) is 0 Å². The Morgan fingerprint density at radius 3 is 2.55 bits per heavy atom. The van der Waals surface area contributed by atoms with Crippen molar-refractivity contribution < 1.29 is 36.0 Å². The Balaban J connectivity index is 1.65. The zero-order valence-corrected chi connectivity index (χ0v) is 11.3. The van der Waals surface area contributed by atoms with E-state index in [0.29, 0.717) is 6.42 Å². The van der Waals surface area contributed by atoms with Crippen molar-refractivity contribution in [2.75, 3.05) is 0 Å². The van der Waals surface area contributed by atoms with E-state index >= 15 is 0 Å². The van der Waals surface area contributed by atoms with Crippen LogP contribution in [0.1, 0.15) is 19.8 Å². The first-order valence-electron chi connectivity index (χ1n) is 6.33. The van der Waals surface area contributed by atoms with Crippen LogP contribution in [0.2, 0.25) is 0 Å². The predicted molar refractivity (Wildman–Crippen MR) is 60.4 cm³/mol. The molecule has 3 aliphatic rings. The molecule has 0 amide bonds. The Morgan fingerprint density at radius 2 is 2.05 bits per heavy atom. The molecule has 3 rings (SSSR count). The normalized spacial score (nSPS) is 40.3. The van der Waals surface area contributed by atoms with Gasteiger partial charge < -0.3 is 9.47 Å². The molecule has 0 spiro atoms. The SMILES string of the molecule is CC(OC(=O)C1CC2CC1C1OC21)C(F)(F)S(=O)(=O)O. The van der Waals surface area contributed by atoms with Gasteiger partial charge in [0.2, 0.25) is 0 Å². The van der Waals surface area contributed by atoms with Gasteiger partial charge in [0.1, 0.15) is 0 Å². The van der Waals surface area contributed by atoms with Gasteiger partial charge in [-0.3, -0.25) is 9.35 Å². The summed E-state index contributed by atoms with van der Waals surface area (Å²) in [5.74, 6) is -1.13. The van der Waals surface area contributed by atoms with E-state index < -0.39 is 33.4 Å². The third-order valence-corrected chi connectivity index (χ3v) is 5.53. The van der Waals surface area contributed by atoms with E-state index in [1.54, 1.807) is 0 Å². The Kier molecular flexibility index (Phi) is 2.91. The number of rotatable bonds is 4. The summed E-state index contributed by atoms with van der Waals surface area (Å²) >= 11 is 0. The Bertz CT molecular complexity index is 547. The molecule has 3 fully saturated rings. The first-order valence-corrected chi connectivity index (χ1v) is 7.77. The monoisotopic (exact) mass is 312 g/mol. The molecule has 0 aromatic rings. The minimum atomic E-state index is -5.62. The molecule has 114 valence electrons. The molecule has 1 saturated heterocycles. The average Bonchev–Trinajstić information content (AvgIpc) is 2.92. The van der Waals surface area contributed by atoms with Crippen LogP contribution in [0.3, 0.4) is 0 Å². The molecule has 2 aliphatic carbocycles. The van der Waals surface area contributed by atoms with Gasteiger partial charge >= 0.3 is 21.3 Å².